The van der Waals surface area contributed by atoms with Gasteiger partial charge in [0.2, 0.25) is 11.7 Å². The van der Waals surface area contributed by atoms with Crippen molar-refractivity contribution in [3.05, 3.63) is 62.5 Å². The fourth-order valence-electron chi connectivity index (χ4n) is 2.68. The molecule has 1 aromatic carbocycles. The van der Waals surface area contributed by atoms with E-state index in [2.05, 4.69) is 26.2 Å². The van der Waals surface area contributed by atoms with Gasteiger partial charge in [0.05, 0.1) is 4.92 Å². The monoisotopic (exact) mass is 408 g/mol. The van der Waals surface area contributed by atoms with E-state index in [-0.39, 0.29) is 23.2 Å². The number of carbonyl (C=O) groups excluding carboxylic acids is 1. The van der Waals surface area contributed by atoms with Gasteiger partial charge in [0, 0.05) is 29.8 Å². The number of hydrogen-bond acceptors (Lipinski definition) is 5. The Labute approximate surface area is 151 Å². The third-order valence-electron chi connectivity index (χ3n) is 3.93. The SMILES string of the molecule is O=C1C(Nc2ncc(Br)cc2[N+](=O)[O-])CCN1Cc1ccc(F)cc1. The zero-order valence-electron chi connectivity index (χ0n) is 13.0. The quantitative estimate of drug-likeness (QED) is 0.606. The second kappa shape index (κ2) is 7.14. The molecule has 2 heterocycles. The topological polar surface area (TPSA) is 88.4 Å². The molecule has 1 aliphatic rings. The van der Waals surface area contributed by atoms with Crippen molar-refractivity contribution >= 4 is 33.3 Å². The van der Waals surface area contributed by atoms with Crippen LogP contribution >= 0.6 is 15.9 Å². The van der Waals surface area contributed by atoms with Crippen LogP contribution in [0.2, 0.25) is 0 Å². The highest BCUT2D eigenvalue weighted by atomic mass is 79.9. The van der Waals surface area contributed by atoms with Crippen molar-refractivity contribution < 1.29 is 14.1 Å². The lowest BCUT2D eigenvalue weighted by Crippen LogP contribution is -2.33. The van der Waals surface area contributed by atoms with Gasteiger partial charge in [-0.2, -0.15) is 0 Å². The summed E-state index contributed by atoms with van der Waals surface area (Å²) in [7, 11) is 0. The molecule has 130 valence electrons. The lowest BCUT2D eigenvalue weighted by molar-refractivity contribution is -0.384. The third-order valence-corrected chi connectivity index (χ3v) is 4.36. The predicted octanol–water partition coefficient (Wildman–Crippen LogP) is 3.10. The van der Waals surface area contributed by atoms with Crippen molar-refractivity contribution in [1.29, 1.82) is 0 Å². The Morgan fingerprint density at radius 2 is 2.12 bits per heavy atom. The van der Waals surface area contributed by atoms with Gasteiger partial charge in [-0.3, -0.25) is 14.9 Å². The zero-order valence-corrected chi connectivity index (χ0v) is 14.6. The standard InChI is InChI=1S/C16H14BrFN4O3/c17-11-7-14(22(24)25)15(19-8-11)20-13-5-6-21(16(13)23)9-10-1-3-12(18)4-2-10/h1-4,7-8,13H,5-6,9H2,(H,19,20). The summed E-state index contributed by atoms with van der Waals surface area (Å²) in [5.41, 5.74) is 0.627. The maximum atomic E-state index is 13.0. The fraction of sp³-hybridized carbons (Fsp3) is 0.250. The molecule has 1 atom stereocenters. The van der Waals surface area contributed by atoms with E-state index in [1.807, 2.05) is 0 Å². The van der Waals surface area contributed by atoms with Gasteiger partial charge < -0.3 is 10.2 Å². The van der Waals surface area contributed by atoms with Gasteiger partial charge in [0.1, 0.15) is 11.9 Å². The Balaban J connectivity index is 1.70. The minimum atomic E-state index is -0.576. The largest absolute Gasteiger partial charge is 0.353 e. The Kier molecular flexibility index (Phi) is 4.93. The average Bonchev–Trinajstić information content (AvgIpc) is 2.91. The van der Waals surface area contributed by atoms with Crippen LogP contribution in [0.5, 0.6) is 0 Å². The molecule has 1 saturated heterocycles. The molecule has 1 N–H and O–H groups in total. The lowest BCUT2D eigenvalue weighted by atomic mass is 10.2. The van der Waals surface area contributed by atoms with Gasteiger partial charge in [-0.25, -0.2) is 9.37 Å². The summed E-state index contributed by atoms with van der Waals surface area (Å²) in [6.45, 7) is 0.880. The number of carbonyl (C=O) groups is 1. The Hall–Kier alpha value is -2.55. The van der Waals surface area contributed by atoms with Crippen LogP contribution in [0.4, 0.5) is 15.9 Å². The Morgan fingerprint density at radius 3 is 2.80 bits per heavy atom. The first-order valence-corrected chi connectivity index (χ1v) is 8.33. The molecule has 7 nitrogen and oxygen atoms in total. The number of nitrogens with one attached hydrogen (secondary N) is 1. The van der Waals surface area contributed by atoms with Gasteiger partial charge in [-0.1, -0.05) is 12.1 Å². The van der Waals surface area contributed by atoms with Crippen molar-refractivity contribution in [3.63, 3.8) is 0 Å². The van der Waals surface area contributed by atoms with Gasteiger partial charge in [-0.15, -0.1) is 0 Å². The highest BCUT2D eigenvalue weighted by Crippen LogP contribution is 2.27. The van der Waals surface area contributed by atoms with Crippen LogP contribution in [-0.2, 0) is 11.3 Å². The Bertz CT molecular complexity index is 816. The number of hydrogen-bond donors (Lipinski definition) is 1. The molecule has 1 unspecified atom stereocenters. The van der Waals surface area contributed by atoms with Crippen molar-refractivity contribution in [3.8, 4) is 0 Å². The van der Waals surface area contributed by atoms with Gasteiger partial charge in [0.25, 0.3) is 0 Å². The number of nitrogens with zero attached hydrogens (tertiary/aromatic N) is 3. The third kappa shape index (κ3) is 3.93. The minimum Gasteiger partial charge on any atom is -0.353 e. The van der Waals surface area contributed by atoms with E-state index in [0.717, 1.165) is 5.56 Å². The summed E-state index contributed by atoms with van der Waals surface area (Å²) >= 11 is 3.14. The van der Waals surface area contributed by atoms with Crippen LogP contribution in [0, 0.1) is 15.9 Å². The number of amides is 1. The number of anilines is 1. The molecule has 1 fully saturated rings. The molecule has 1 aliphatic heterocycles. The van der Waals surface area contributed by atoms with Crippen LogP contribution in [0.3, 0.4) is 0 Å². The molecule has 0 bridgehead atoms. The van der Waals surface area contributed by atoms with Crippen molar-refractivity contribution in [2.24, 2.45) is 0 Å². The number of likely N-dealkylation sites (tertiary alicyclic amines) is 1. The van der Waals surface area contributed by atoms with Gasteiger partial charge in [-0.05, 0) is 40.0 Å². The summed E-state index contributed by atoms with van der Waals surface area (Å²) in [6.07, 6.45) is 1.94. The maximum Gasteiger partial charge on any atom is 0.312 e. The molecule has 2 aromatic rings. The average molecular weight is 409 g/mol. The van der Waals surface area contributed by atoms with Gasteiger partial charge >= 0.3 is 5.69 Å². The summed E-state index contributed by atoms with van der Waals surface area (Å²) in [5, 5.41) is 14.0. The number of rotatable bonds is 5. The van der Waals surface area contributed by atoms with Crippen LogP contribution in [-0.4, -0.2) is 33.3 Å². The summed E-state index contributed by atoms with van der Waals surface area (Å²) in [6, 6.07) is 6.72. The second-order valence-electron chi connectivity index (χ2n) is 5.65. The lowest BCUT2D eigenvalue weighted by Gasteiger charge is -2.17. The van der Waals surface area contributed by atoms with Crippen LogP contribution in [0.15, 0.2) is 41.0 Å². The smallest absolute Gasteiger partial charge is 0.312 e. The van der Waals surface area contributed by atoms with E-state index in [4.69, 9.17) is 0 Å². The molecule has 0 radical (unpaired) electrons. The number of aromatic nitrogens is 1. The number of nitro groups is 1. The van der Waals surface area contributed by atoms with E-state index < -0.39 is 11.0 Å². The van der Waals surface area contributed by atoms with E-state index in [9.17, 15) is 19.3 Å². The first kappa shape index (κ1) is 17.3. The highest BCUT2D eigenvalue weighted by Gasteiger charge is 2.33. The number of halogens is 2. The number of benzene rings is 1. The molecular weight excluding hydrogens is 395 g/mol. The molecule has 0 saturated carbocycles. The zero-order chi connectivity index (χ0) is 18.0. The summed E-state index contributed by atoms with van der Waals surface area (Å²) in [5.74, 6) is -0.428. The van der Waals surface area contributed by atoms with E-state index in [0.29, 0.717) is 24.0 Å². The predicted molar refractivity (Wildman–Crippen MR) is 92.4 cm³/mol. The molecule has 1 aromatic heterocycles. The molecular formula is C16H14BrFN4O3. The van der Waals surface area contributed by atoms with Crippen LogP contribution < -0.4 is 5.32 Å². The first-order valence-electron chi connectivity index (χ1n) is 7.54. The normalized spacial score (nSPS) is 17.0. The van der Waals surface area contributed by atoms with Crippen LogP contribution in [0.25, 0.3) is 0 Å². The van der Waals surface area contributed by atoms with E-state index in [1.165, 1.54) is 24.4 Å². The minimum absolute atomic E-state index is 0.0650. The maximum absolute atomic E-state index is 13.0. The van der Waals surface area contributed by atoms with Crippen molar-refractivity contribution in [2.75, 3.05) is 11.9 Å². The fourth-order valence-corrected chi connectivity index (χ4v) is 3.00. The first-order chi connectivity index (χ1) is 11.9. The van der Waals surface area contributed by atoms with E-state index >= 15 is 0 Å². The number of pyridine rings is 1. The Morgan fingerprint density at radius 1 is 1.40 bits per heavy atom. The molecule has 1 amide bonds. The molecule has 25 heavy (non-hydrogen) atoms. The molecule has 9 heteroatoms. The summed E-state index contributed by atoms with van der Waals surface area (Å²) in [4.78, 5) is 28.7. The van der Waals surface area contributed by atoms with Gasteiger partial charge in [0.15, 0.2) is 0 Å². The van der Waals surface area contributed by atoms with Crippen molar-refractivity contribution in [1.82, 2.24) is 9.88 Å². The second-order valence-corrected chi connectivity index (χ2v) is 6.57. The molecule has 0 aliphatic carbocycles. The van der Waals surface area contributed by atoms with Crippen LogP contribution in [0.1, 0.15) is 12.0 Å². The molecule has 0 spiro atoms. The van der Waals surface area contributed by atoms with Crippen molar-refractivity contribution in [2.45, 2.75) is 19.0 Å². The molecule has 3 rings (SSSR count). The van der Waals surface area contributed by atoms with E-state index in [1.54, 1.807) is 17.0 Å². The highest BCUT2D eigenvalue weighted by molar-refractivity contribution is 9.10. The summed E-state index contributed by atoms with van der Waals surface area (Å²) < 4.78 is 13.4.